The van der Waals surface area contributed by atoms with Crippen molar-refractivity contribution in [3.05, 3.63) is 89.5 Å². The van der Waals surface area contributed by atoms with Gasteiger partial charge in [0.2, 0.25) is 0 Å². The SMILES string of the molecule is CCOC(=O)C1CC1c1ccc(NCc2cccc(Oc3cccc(C(F)(F)F)c3)c2)cc1. The maximum absolute atomic E-state index is 12.9. The Labute approximate surface area is 190 Å². The molecule has 0 amide bonds. The van der Waals surface area contributed by atoms with E-state index in [1.807, 2.05) is 37.3 Å². The zero-order valence-corrected chi connectivity index (χ0v) is 18.1. The van der Waals surface area contributed by atoms with Crippen LogP contribution in [0.5, 0.6) is 11.5 Å². The average Bonchev–Trinajstić information content (AvgIpc) is 3.59. The van der Waals surface area contributed by atoms with E-state index in [0.717, 1.165) is 35.4 Å². The molecule has 1 aliphatic rings. The second kappa shape index (κ2) is 9.57. The van der Waals surface area contributed by atoms with E-state index in [1.54, 1.807) is 18.2 Å². The molecule has 33 heavy (non-hydrogen) atoms. The molecule has 1 saturated carbocycles. The van der Waals surface area contributed by atoms with E-state index in [9.17, 15) is 18.0 Å². The van der Waals surface area contributed by atoms with Gasteiger partial charge < -0.3 is 14.8 Å². The fourth-order valence-electron chi connectivity index (χ4n) is 3.72. The molecule has 0 spiro atoms. The molecule has 1 aliphatic carbocycles. The van der Waals surface area contributed by atoms with Crippen LogP contribution in [0, 0.1) is 5.92 Å². The second-order valence-electron chi connectivity index (χ2n) is 7.95. The Morgan fingerprint density at radius 1 is 1.00 bits per heavy atom. The van der Waals surface area contributed by atoms with Crippen LogP contribution >= 0.6 is 0 Å². The lowest BCUT2D eigenvalue weighted by Gasteiger charge is -2.12. The lowest BCUT2D eigenvalue weighted by atomic mass is 10.1. The van der Waals surface area contributed by atoms with E-state index in [1.165, 1.54) is 12.1 Å². The number of rotatable bonds is 8. The first kappa shape index (κ1) is 22.7. The van der Waals surface area contributed by atoms with Crippen molar-refractivity contribution in [2.24, 2.45) is 5.92 Å². The third-order valence-electron chi connectivity index (χ3n) is 5.51. The van der Waals surface area contributed by atoms with Gasteiger partial charge in [0.05, 0.1) is 18.1 Å². The predicted molar refractivity (Wildman–Crippen MR) is 119 cm³/mol. The molecule has 7 heteroatoms. The van der Waals surface area contributed by atoms with Gasteiger partial charge in [-0.1, -0.05) is 30.3 Å². The summed E-state index contributed by atoms with van der Waals surface area (Å²) < 4.78 is 49.4. The quantitative estimate of drug-likeness (QED) is 0.381. The Morgan fingerprint density at radius 2 is 1.70 bits per heavy atom. The van der Waals surface area contributed by atoms with Crippen LogP contribution in [-0.2, 0) is 22.3 Å². The topological polar surface area (TPSA) is 47.6 Å². The van der Waals surface area contributed by atoms with Crippen LogP contribution in [0.15, 0.2) is 72.8 Å². The van der Waals surface area contributed by atoms with Crippen LogP contribution in [0.25, 0.3) is 0 Å². The molecule has 1 fully saturated rings. The molecule has 0 aromatic heterocycles. The van der Waals surface area contributed by atoms with Crippen molar-refractivity contribution >= 4 is 11.7 Å². The molecule has 3 aromatic carbocycles. The molecule has 0 radical (unpaired) electrons. The van der Waals surface area contributed by atoms with Crippen molar-refractivity contribution in [1.82, 2.24) is 0 Å². The van der Waals surface area contributed by atoms with Gasteiger partial charge in [-0.2, -0.15) is 13.2 Å². The third-order valence-corrected chi connectivity index (χ3v) is 5.51. The fraction of sp³-hybridized carbons (Fsp3) is 0.269. The predicted octanol–water partition coefficient (Wildman–Crippen LogP) is 6.78. The van der Waals surface area contributed by atoms with Gasteiger partial charge in [0.25, 0.3) is 0 Å². The van der Waals surface area contributed by atoms with Gasteiger partial charge in [0, 0.05) is 12.2 Å². The van der Waals surface area contributed by atoms with E-state index < -0.39 is 11.7 Å². The molecular weight excluding hydrogens is 431 g/mol. The van der Waals surface area contributed by atoms with Crippen LogP contribution in [0.4, 0.5) is 18.9 Å². The molecule has 4 rings (SSSR count). The van der Waals surface area contributed by atoms with Crippen LogP contribution in [-0.4, -0.2) is 12.6 Å². The maximum Gasteiger partial charge on any atom is 0.416 e. The number of carbonyl (C=O) groups is 1. The highest BCUT2D eigenvalue weighted by Gasteiger charge is 2.45. The number of benzene rings is 3. The Balaban J connectivity index is 1.33. The number of anilines is 1. The van der Waals surface area contributed by atoms with Crippen LogP contribution in [0.1, 0.15) is 36.0 Å². The molecule has 0 bridgehead atoms. The summed E-state index contributed by atoms with van der Waals surface area (Å²) in [6, 6.07) is 20.0. The van der Waals surface area contributed by atoms with Gasteiger partial charge in [-0.25, -0.2) is 0 Å². The Kier molecular flexibility index (Phi) is 6.58. The Morgan fingerprint density at radius 3 is 2.39 bits per heavy atom. The van der Waals surface area contributed by atoms with Gasteiger partial charge in [-0.15, -0.1) is 0 Å². The summed E-state index contributed by atoms with van der Waals surface area (Å²) in [4.78, 5) is 11.8. The monoisotopic (exact) mass is 455 g/mol. The third kappa shape index (κ3) is 5.86. The second-order valence-corrected chi connectivity index (χ2v) is 7.95. The molecule has 0 heterocycles. The molecule has 0 saturated heterocycles. The van der Waals surface area contributed by atoms with Crippen molar-refractivity contribution in [1.29, 1.82) is 0 Å². The molecule has 0 aliphatic heterocycles. The zero-order valence-electron chi connectivity index (χ0n) is 18.1. The Hall–Kier alpha value is -3.48. The van der Waals surface area contributed by atoms with Crippen molar-refractivity contribution in [2.45, 2.75) is 32.0 Å². The van der Waals surface area contributed by atoms with Gasteiger partial charge in [0.1, 0.15) is 11.5 Å². The minimum absolute atomic E-state index is 0.0386. The van der Waals surface area contributed by atoms with Crippen molar-refractivity contribution in [3.8, 4) is 11.5 Å². The highest BCUT2D eigenvalue weighted by atomic mass is 19.4. The molecule has 4 nitrogen and oxygen atoms in total. The molecule has 2 atom stereocenters. The minimum atomic E-state index is -4.42. The largest absolute Gasteiger partial charge is 0.466 e. The van der Waals surface area contributed by atoms with Crippen molar-refractivity contribution in [3.63, 3.8) is 0 Å². The smallest absolute Gasteiger partial charge is 0.416 e. The summed E-state index contributed by atoms with van der Waals surface area (Å²) >= 11 is 0. The summed E-state index contributed by atoms with van der Waals surface area (Å²) in [7, 11) is 0. The fourth-order valence-corrected chi connectivity index (χ4v) is 3.72. The highest BCUT2D eigenvalue weighted by Crippen LogP contribution is 2.48. The number of ether oxygens (including phenoxy) is 2. The van der Waals surface area contributed by atoms with E-state index in [0.29, 0.717) is 18.9 Å². The van der Waals surface area contributed by atoms with Crippen molar-refractivity contribution < 1.29 is 27.4 Å². The Bertz CT molecular complexity index is 1110. The zero-order chi connectivity index (χ0) is 23.4. The first-order valence-electron chi connectivity index (χ1n) is 10.8. The molecule has 172 valence electrons. The number of esters is 1. The lowest BCUT2D eigenvalue weighted by molar-refractivity contribution is -0.144. The van der Waals surface area contributed by atoms with Gasteiger partial charge in [-0.3, -0.25) is 4.79 Å². The van der Waals surface area contributed by atoms with E-state index in [4.69, 9.17) is 9.47 Å². The average molecular weight is 455 g/mol. The van der Waals surface area contributed by atoms with Crippen LogP contribution in [0.2, 0.25) is 0 Å². The molecule has 2 unspecified atom stereocenters. The first-order chi connectivity index (χ1) is 15.8. The first-order valence-corrected chi connectivity index (χ1v) is 10.8. The summed E-state index contributed by atoms with van der Waals surface area (Å²) in [5, 5.41) is 3.33. The minimum Gasteiger partial charge on any atom is -0.466 e. The number of halogens is 3. The summed E-state index contributed by atoms with van der Waals surface area (Å²) in [5.74, 6) is 0.650. The van der Waals surface area contributed by atoms with Crippen LogP contribution in [0.3, 0.4) is 0 Å². The van der Waals surface area contributed by atoms with Gasteiger partial charge in [-0.05, 0) is 72.9 Å². The summed E-state index contributed by atoms with van der Waals surface area (Å²) in [5.41, 5.74) is 2.22. The van der Waals surface area contributed by atoms with E-state index in [-0.39, 0.29) is 23.6 Å². The number of carbonyl (C=O) groups excluding carboxylic acids is 1. The number of nitrogens with one attached hydrogen (secondary N) is 1. The summed E-state index contributed by atoms with van der Waals surface area (Å²) in [6.45, 7) is 2.73. The molecule has 1 N–H and O–H groups in total. The number of hydrogen-bond acceptors (Lipinski definition) is 4. The summed E-state index contributed by atoms with van der Waals surface area (Å²) in [6.07, 6.45) is -3.59. The van der Waals surface area contributed by atoms with E-state index in [2.05, 4.69) is 5.32 Å². The normalized spacial score (nSPS) is 17.3. The number of hydrogen-bond donors (Lipinski definition) is 1. The van der Waals surface area contributed by atoms with Gasteiger partial charge in [0.15, 0.2) is 0 Å². The lowest BCUT2D eigenvalue weighted by Crippen LogP contribution is -2.07. The van der Waals surface area contributed by atoms with Crippen molar-refractivity contribution in [2.75, 3.05) is 11.9 Å². The molecule has 3 aromatic rings. The van der Waals surface area contributed by atoms with Gasteiger partial charge >= 0.3 is 12.1 Å². The number of alkyl halides is 3. The van der Waals surface area contributed by atoms with Crippen LogP contribution < -0.4 is 10.1 Å². The standard InChI is InChI=1S/C26H24F3NO3/c1-2-32-25(31)24-15-23(24)18-9-11-20(12-10-18)30-16-17-5-3-7-21(13-17)33-22-8-4-6-19(14-22)26(27,28)29/h3-14,23-24,30H,2,15-16H2,1H3. The van der Waals surface area contributed by atoms with E-state index >= 15 is 0 Å². The highest BCUT2D eigenvalue weighted by molar-refractivity contribution is 5.77. The molecular formula is C26H24F3NO3. The maximum atomic E-state index is 12.9.